The van der Waals surface area contributed by atoms with Crippen molar-refractivity contribution in [3.63, 3.8) is 0 Å². The van der Waals surface area contributed by atoms with Crippen molar-refractivity contribution >= 4 is 17.3 Å². The van der Waals surface area contributed by atoms with Gasteiger partial charge in [0.25, 0.3) is 0 Å². The molecule has 10 nitrogen and oxygen atoms in total. The molecule has 0 amide bonds. The van der Waals surface area contributed by atoms with E-state index in [1.807, 2.05) is 18.5 Å². The number of ether oxygens (including phenoxy) is 2. The number of nitrogens with two attached hydrogens (primary N) is 1. The number of piperidine rings is 1. The molecule has 0 bridgehead atoms. The minimum absolute atomic E-state index is 0.108. The van der Waals surface area contributed by atoms with Crippen LogP contribution >= 0.6 is 0 Å². The van der Waals surface area contributed by atoms with Crippen molar-refractivity contribution in [2.24, 2.45) is 5.73 Å². The quantitative estimate of drug-likeness (QED) is 0.345. The maximum absolute atomic E-state index is 14.7. The third-order valence-corrected chi connectivity index (χ3v) is 7.49. The monoisotopic (exact) mass is 544 g/mol. The number of pyridine rings is 1. The molecule has 40 heavy (non-hydrogen) atoms. The lowest BCUT2D eigenvalue weighted by Gasteiger charge is -2.34. The van der Waals surface area contributed by atoms with Gasteiger partial charge in [-0.3, -0.25) is 4.68 Å². The summed E-state index contributed by atoms with van der Waals surface area (Å²) >= 11 is 0. The van der Waals surface area contributed by atoms with E-state index in [-0.39, 0.29) is 17.4 Å². The maximum Gasteiger partial charge on any atom is 0.168 e. The first-order valence-electron chi connectivity index (χ1n) is 13.6. The lowest BCUT2D eigenvalue weighted by Crippen LogP contribution is -2.43. The Hall–Kier alpha value is -4.09. The minimum atomic E-state index is -0.455. The zero-order valence-electron chi connectivity index (χ0n) is 22.5. The fraction of sp³-hybridized carbons (Fsp3) is 0.379. The Bertz CT molecular complexity index is 1470. The van der Waals surface area contributed by atoms with Gasteiger partial charge in [0.1, 0.15) is 23.2 Å². The number of halogens is 1. The lowest BCUT2D eigenvalue weighted by atomic mass is 10.0. The molecule has 0 aliphatic carbocycles. The van der Waals surface area contributed by atoms with E-state index in [0.717, 1.165) is 68.8 Å². The molecule has 0 radical (unpaired) electrons. The van der Waals surface area contributed by atoms with Crippen molar-refractivity contribution in [2.75, 3.05) is 43.6 Å². The zero-order chi connectivity index (χ0) is 27.5. The van der Waals surface area contributed by atoms with Crippen LogP contribution in [0.2, 0.25) is 0 Å². The van der Waals surface area contributed by atoms with E-state index < -0.39 is 5.82 Å². The van der Waals surface area contributed by atoms with Crippen molar-refractivity contribution < 1.29 is 13.9 Å². The number of benzene rings is 1. The smallest absolute Gasteiger partial charge is 0.168 e. The molecular weight excluding hydrogens is 511 g/mol. The van der Waals surface area contributed by atoms with Crippen molar-refractivity contribution in [1.82, 2.24) is 24.7 Å². The van der Waals surface area contributed by atoms with Gasteiger partial charge in [-0.25, -0.2) is 19.3 Å². The number of hydrogen-bond acceptors (Lipinski definition) is 9. The molecule has 0 unspecified atom stereocenters. The van der Waals surface area contributed by atoms with Crippen LogP contribution < -0.4 is 20.7 Å². The van der Waals surface area contributed by atoms with Crippen LogP contribution in [0.5, 0.6) is 5.75 Å². The number of hydrogen-bond donors (Lipinski definition) is 2. The predicted octanol–water partition coefficient (Wildman–Crippen LogP) is 4.57. The van der Waals surface area contributed by atoms with E-state index in [4.69, 9.17) is 20.2 Å². The molecule has 2 aliphatic rings. The van der Waals surface area contributed by atoms with Crippen LogP contribution in [0.1, 0.15) is 31.7 Å². The minimum Gasteiger partial charge on any atom is -0.496 e. The summed E-state index contributed by atoms with van der Waals surface area (Å²) in [6.45, 7) is 3.18. The highest BCUT2D eigenvalue weighted by molar-refractivity contribution is 5.80. The number of aromatic nitrogens is 5. The van der Waals surface area contributed by atoms with Gasteiger partial charge in [-0.2, -0.15) is 5.10 Å². The first-order valence-corrected chi connectivity index (χ1v) is 13.6. The number of methoxy groups -OCH3 is 1. The highest BCUT2D eigenvalue weighted by Crippen LogP contribution is 2.36. The van der Waals surface area contributed by atoms with Crippen molar-refractivity contribution in [3.05, 3.63) is 60.9 Å². The molecule has 1 atom stereocenters. The van der Waals surface area contributed by atoms with Crippen LogP contribution in [0.4, 0.5) is 21.7 Å². The predicted molar refractivity (Wildman–Crippen MR) is 151 cm³/mol. The van der Waals surface area contributed by atoms with Gasteiger partial charge in [0.05, 0.1) is 24.9 Å². The van der Waals surface area contributed by atoms with Crippen molar-refractivity contribution in [2.45, 2.75) is 37.8 Å². The summed E-state index contributed by atoms with van der Waals surface area (Å²) in [5.41, 5.74) is 9.61. The second-order valence-corrected chi connectivity index (χ2v) is 10.2. The Morgan fingerprint density at radius 2 is 1.98 bits per heavy atom. The Morgan fingerprint density at radius 1 is 1.10 bits per heavy atom. The van der Waals surface area contributed by atoms with Gasteiger partial charge in [0.15, 0.2) is 5.82 Å². The summed E-state index contributed by atoms with van der Waals surface area (Å²) in [6, 6.07) is 8.82. The molecule has 2 aliphatic heterocycles. The number of nitrogens with one attached hydrogen (secondary N) is 1. The second kappa shape index (κ2) is 11.6. The summed E-state index contributed by atoms with van der Waals surface area (Å²) < 4.78 is 27.6. The standard InChI is InChI=1S/C29H33FN8O2/c1-39-25-6-2-5-23(30)28(25)29-32-10-7-26(36-29)35-27-14-24(37-11-3-4-20(31)18-37)22(16-33-27)19-15-34-38(17-19)21-8-12-40-13-9-21/h2,5-7,10,14-17,20-21H,3-4,8-9,11-13,18,31H2,1H3,(H,32,33,35,36)/t20-/m1/s1. The molecule has 6 rings (SSSR count). The first-order chi connectivity index (χ1) is 19.6. The topological polar surface area (TPSA) is 116 Å². The highest BCUT2D eigenvalue weighted by Gasteiger charge is 2.23. The van der Waals surface area contributed by atoms with Crippen LogP contribution in [-0.2, 0) is 4.74 Å². The van der Waals surface area contributed by atoms with E-state index in [0.29, 0.717) is 23.4 Å². The van der Waals surface area contributed by atoms with E-state index >= 15 is 0 Å². The third kappa shape index (κ3) is 5.47. The Balaban J connectivity index is 1.32. The van der Waals surface area contributed by atoms with Crippen molar-refractivity contribution in [3.8, 4) is 28.3 Å². The van der Waals surface area contributed by atoms with Gasteiger partial charge in [-0.1, -0.05) is 6.07 Å². The van der Waals surface area contributed by atoms with Crippen LogP contribution in [0.25, 0.3) is 22.5 Å². The average Bonchev–Trinajstić information content (AvgIpc) is 3.48. The number of rotatable bonds is 7. The van der Waals surface area contributed by atoms with Crippen LogP contribution in [0, 0.1) is 5.82 Å². The zero-order valence-corrected chi connectivity index (χ0v) is 22.5. The first kappa shape index (κ1) is 26.1. The van der Waals surface area contributed by atoms with E-state index in [9.17, 15) is 4.39 Å². The molecule has 2 fully saturated rings. The Morgan fingerprint density at radius 3 is 2.80 bits per heavy atom. The molecule has 3 N–H and O–H groups in total. The summed E-state index contributed by atoms with van der Waals surface area (Å²) in [5.74, 6) is 1.23. The molecule has 2 saturated heterocycles. The highest BCUT2D eigenvalue weighted by atomic mass is 19.1. The molecule has 4 aromatic rings. The number of anilines is 3. The van der Waals surface area contributed by atoms with E-state index in [2.05, 4.69) is 36.2 Å². The van der Waals surface area contributed by atoms with E-state index in [1.54, 1.807) is 24.4 Å². The number of nitrogens with zero attached hydrogens (tertiary/aromatic N) is 6. The SMILES string of the molecule is COc1cccc(F)c1-c1nccc(Nc2cc(N3CCC[C@@H](N)C3)c(-c3cnn(C4CCOCC4)c3)cn2)n1. The second-order valence-electron chi connectivity index (χ2n) is 10.2. The molecular formula is C29H33FN8O2. The normalized spacial score (nSPS) is 18.1. The molecule has 11 heteroatoms. The summed E-state index contributed by atoms with van der Waals surface area (Å²) in [7, 11) is 1.49. The van der Waals surface area contributed by atoms with Crippen molar-refractivity contribution in [1.29, 1.82) is 0 Å². The fourth-order valence-electron chi connectivity index (χ4n) is 5.42. The molecule has 0 saturated carbocycles. The lowest BCUT2D eigenvalue weighted by molar-refractivity contribution is 0.0662. The molecule has 5 heterocycles. The van der Waals surface area contributed by atoms with Gasteiger partial charge in [-0.05, 0) is 43.9 Å². The van der Waals surface area contributed by atoms with Gasteiger partial charge in [0, 0.05) is 73.8 Å². The van der Waals surface area contributed by atoms with Gasteiger partial charge >= 0.3 is 0 Å². The average molecular weight is 545 g/mol. The Labute approximate surface area is 232 Å². The van der Waals surface area contributed by atoms with E-state index in [1.165, 1.54) is 13.2 Å². The Kier molecular flexibility index (Phi) is 7.56. The molecule has 3 aromatic heterocycles. The summed E-state index contributed by atoms with van der Waals surface area (Å²) in [6.07, 6.45) is 11.4. The fourth-order valence-corrected chi connectivity index (χ4v) is 5.42. The maximum atomic E-state index is 14.7. The van der Waals surface area contributed by atoms with Crippen LogP contribution in [0.15, 0.2) is 55.1 Å². The molecule has 1 aromatic carbocycles. The third-order valence-electron chi connectivity index (χ3n) is 7.49. The van der Waals surface area contributed by atoms with Gasteiger partial charge < -0.3 is 25.4 Å². The van der Waals surface area contributed by atoms with Gasteiger partial charge in [0.2, 0.25) is 0 Å². The molecule has 208 valence electrons. The largest absolute Gasteiger partial charge is 0.496 e. The van der Waals surface area contributed by atoms with Gasteiger partial charge in [-0.15, -0.1) is 0 Å². The molecule has 0 spiro atoms. The summed E-state index contributed by atoms with van der Waals surface area (Å²) in [4.78, 5) is 15.9. The van der Waals surface area contributed by atoms with Crippen LogP contribution in [-0.4, -0.2) is 64.2 Å². The summed E-state index contributed by atoms with van der Waals surface area (Å²) in [5, 5.41) is 7.96. The van der Waals surface area contributed by atoms with Crippen LogP contribution in [0.3, 0.4) is 0 Å².